The number of fused-ring (bicyclic) bond motifs is 1. The van der Waals surface area contributed by atoms with Gasteiger partial charge in [-0.3, -0.25) is 0 Å². The molecule has 2 aromatic rings. The highest BCUT2D eigenvalue weighted by Gasteiger charge is 2.33. The monoisotopic (exact) mass is 315 g/mol. The van der Waals surface area contributed by atoms with E-state index >= 15 is 0 Å². The number of hydrogen-bond donors (Lipinski definition) is 0. The van der Waals surface area contributed by atoms with Crippen molar-refractivity contribution in [2.75, 3.05) is 0 Å². The molecule has 0 N–H and O–H groups in total. The Morgan fingerprint density at radius 3 is 2.44 bits per heavy atom. The van der Waals surface area contributed by atoms with Gasteiger partial charge in [0.1, 0.15) is 9.90 Å². The molecule has 0 aliphatic rings. The van der Waals surface area contributed by atoms with E-state index in [1.54, 1.807) is 0 Å². The molecule has 0 atom stereocenters. The van der Waals surface area contributed by atoms with Crippen LogP contribution in [0.1, 0.15) is 11.3 Å². The first kappa shape index (κ1) is 13.6. The van der Waals surface area contributed by atoms with Gasteiger partial charge in [-0.05, 0) is 19.1 Å². The van der Waals surface area contributed by atoms with Gasteiger partial charge < -0.3 is 0 Å². The SMILES string of the molecule is Cc1c(S(=O)(=O)Cl)sc2ccc(C(F)(F)F)nc12. The summed E-state index contributed by atoms with van der Waals surface area (Å²) in [6.45, 7) is 1.38. The number of pyridine rings is 1. The second kappa shape index (κ2) is 4.07. The van der Waals surface area contributed by atoms with Crippen molar-refractivity contribution in [1.29, 1.82) is 0 Å². The Morgan fingerprint density at radius 2 is 1.94 bits per heavy atom. The molecule has 2 rings (SSSR count). The smallest absolute Gasteiger partial charge is 0.242 e. The summed E-state index contributed by atoms with van der Waals surface area (Å²) < 4.78 is 60.1. The summed E-state index contributed by atoms with van der Waals surface area (Å²) in [7, 11) is 1.22. The van der Waals surface area contributed by atoms with Gasteiger partial charge in [0.2, 0.25) is 0 Å². The molecule has 0 bridgehead atoms. The second-order valence-electron chi connectivity index (χ2n) is 3.49. The topological polar surface area (TPSA) is 47.0 Å². The lowest BCUT2D eigenvalue weighted by molar-refractivity contribution is -0.140. The number of nitrogens with zero attached hydrogens (tertiary/aromatic N) is 1. The summed E-state index contributed by atoms with van der Waals surface area (Å²) in [4.78, 5) is 3.44. The minimum absolute atomic E-state index is 0.00838. The number of halogens is 4. The van der Waals surface area contributed by atoms with Crippen molar-refractivity contribution < 1.29 is 21.6 Å². The summed E-state index contributed by atoms with van der Waals surface area (Å²) in [6, 6.07) is 2.00. The predicted molar refractivity (Wildman–Crippen MR) is 62.4 cm³/mol. The average molecular weight is 316 g/mol. The van der Waals surface area contributed by atoms with E-state index in [0.717, 1.165) is 17.4 Å². The molecule has 9 heteroatoms. The zero-order chi connectivity index (χ0) is 13.7. The lowest BCUT2D eigenvalue weighted by Gasteiger charge is -2.04. The fraction of sp³-hybridized carbons (Fsp3) is 0.222. The summed E-state index contributed by atoms with van der Waals surface area (Å²) in [5, 5.41) is 0. The first-order valence-corrected chi connectivity index (χ1v) is 7.65. The minimum Gasteiger partial charge on any atom is -0.242 e. The highest BCUT2D eigenvalue weighted by Crippen LogP contribution is 2.37. The Bertz CT molecular complexity index is 721. The highest BCUT2D eigenvalue weighted by molar-refractivity contribution is 8.15. The number of alkyl halides is 3. The van der Waals surface area contributed by atoms with Crippen molar-refractivity contribution in [3.63, 3.8) is 0 Å². The van der Waals surface area contributed by atoms with E-state index in [9.17, 15) is 21.6 Å². The molecule has 0 aliphatic carbocycles. The largest absolute Gasteiger partial charge is 0.433 e. The van der Waals surface area contributed by atoms with Crippen molar-refractivity contribution in [2.45, 2.75) is 17.3 Å². The van der Waals surface area contributed by atoms with Gasteiger partial charge in [-0.25, -0.2) is 13.4 Å². The number of thiophene rings is 1. The summed E-state index contributed by atoms with van der Waals surface area (Å²) in [6.07, 6.45) is -4.57. The van der Waals surface area contributed by atoms with E-state index in [1.165, 1.54) is 13.0 Å². The van der Waals surface area contributed by atoms with Crippen LogP contribution in [0.3, 0.4) is 0 Å². The van der Waals surface area contributed by atoms with Crippen molar-refractivity contribution >= 4 is 41.3 Å². The summed E-state index contributed by atoms with van der Waals surface area (Å²) >= 11 is 0.800. The van der Waals surface area contributed by atoms with Gasteiger partial charge in [0, 0.05) is 16.2 Å². The fourth-order valence-corrected chi connectivity index (χ4v) is 4.10. The van der Waals surface area contributed by atoms with E-state index in [2.05, 4.69) is 4.98 Å². The summed E-state index contributed by atoms with van der Waals surface area (Å²) in [5.74, 6) is 0. The first-order chi connectivity index (χ1) is 8.10. The normalized spacial score (nSPS) is 13.2. The Kier molecular flexibility index (Phi) is 3.07. The van der Waals surface area contributed by atoms with Crippen molar-refractivity contribution in [1.82, 2.24) is 4.98 Å². The van der Waals surface area contributed by atoms with Gasteiger partial charge in [0.05, 0.1) is 10.2 Å². The van der Waals surface area contributed by atoms with Crippen molar-refractivity contribution in [3.8, 4) is 0 Å². The van der Waals surface area contributed by atoms with Crippen molar-refractivity contribution in [3.05, 3.63) is 23.4 Å². The van der Waals surface area contributed by atoms with E-state index < -0.39 is 20.9 Å². The maximum atomic E-state index is 12.5. The van der Waals surface area contributed by atoms with Crippen molar-refractivity contribution in [2.24, 2.45) is 0 Å². The van der Waals surface area contributed by atoms with E-state index in [1.807, 2.05) is 0 Å². The third kappa shape index (κ3) is 2.32. The molecule has 3 nitrogen and oxygen atoms in total. The molecule has 0 aromatic carbocycles. The molecule has 2 aromatic heterocycles. The zero-order valence-electron chi connectivity index (χ0n) is 8.75. The molecule has 18 heavy (non-hydrogen) atoms. The molecule has 0 unspecified atom stereocenters. The van der Waals surface area contributed by atoms with Gasteiger partial charge in [0.25, 0.3) is 9.05 Å². The molecule has 0 saturated heterocycles. The van der Waals surface area contributed by atoms with Gasteiger partial charge >= 0.3 is 6.18 Å². The van der Waals surface area contributed by atoms with Crippen LogP contribution in [0.4, 0.5) is 13.2 Å². The Labute approximate surface area is 109 Å². The van der Waals surface area contributed by atoms with Crippen LogP contribution < -0.4 is 0 Å². The van der Waals surface area contributed by atoms with Crippen LogP contribution >= 0.6 is 22.0 Å². The third-order valence-corrected chi connectivity index (χ3v) is 5.67. The Hall–Kier alpha value is -0.860. The van der Waals surface area contributed by atoms with Gasteiger partial charge in [-0.15, -0.1) is 11.3 Å². The lowest BCUT2D eigenvalue weighted by Crippen LogP contribution is -2.07. The minimum atomic E-state index is -4.57. The van der Waals surface area contributed by atoms with E-state index in [0.29, 0.717) is 4.70 Å². The Morgan fingerprint density at radius 1 is 1.33 bits per heavy atom. The molecule has 98 valence electrons. The van der Waals surface area contributed by atoms with E-state index in [4.69, 9.17) is 10.7 Å². The molecule has 0 fully saturated rings. The maximum absolute atomic E-state index is 12.5. The number of hydrogen-bond acceptors (Lipinski definition) is 4. The molecule has 0 amide bonds. The molecular weight excluding hydrogens is 311 g/mol. The second-order valence-corrected chi connectivity index (χ2v) is 7.31. The van der Waals surface area contributed by atoms with Crippen LogP contribution in [0.2, 0.25) is 0 Å². The van der Waals surface area contributed by atoms with Crippen LogP contribution in [0.15, 0.2) is 16.3 Å². The first-order valence-electron chi connectivity index (χ1n) is 4.52. The average Bonchev–Trinajstić information content (AvgIpc) is 2.54. The Balaban J connectivity index is 2.76. The summed E-state index contributed by atoms with van der Waals surface area (Å²) in [5.41, 5.74) is -0.917. The van der Waals surface area contributed by atoms with Crippen LogP contribution in [0.25, 0.3) is 10.2 Å². The quantitative estimate of drug-likeness (QED) is 0.756. The predicted octanol–water partition coefficient (Wildman–Crippen LogP) is 3.55. The van der Waals surface area contributed by atoms with Gasteiger partial charge in [-0.2, -0.15) is 13.2 Å². The van der Waals surface area contributed by atoms with Crippen LogP contribution in [0, 0.1) is 6.92 Å². The van der Waals surface area contributed by atoms with Crippen LogP contribution in [0.5, 0.6) is 0 Å². The molecule has 0 aliphatic heterocycles. The molecular formula is C9H5ClF3NO2S2. The zero-order valence-corrected chi connectivity index (χ0v) is 11.1. The fourth-order valence-electron chi connectivity index (χ4n) is 1.46. The third-order valence-electron chi connectivity index (χ3n) is 2.23. The molecule has 2 heterocycles. The number of aryl methyl sites for hydroxylation is 1. The lowest BCUT2D eigenvalue weighted by atomic mass is 10.2. The van der Waals surface area contributed by atoms with Gasteiger partial charge in [0.15, 0.2) is 0 Å². The molecule has 0 saturated carbocycles. The number of rotatable bonds is 1. The number of aromatic nitrogens is 1. The highest BCUT2D eigenvalue weighted by atomic mass is 35.7. The van der Waals surface area contributed by atoms with Gasteiger partial charge in [-0.1, -0.05) is 0 Å². The molecule has 0 radical (unpaired) electrons. The standard InChI is InChI=1S/C9H5ClF3NO2S2/c1-4-7-5(17-8(4)18(10,15)16)2-3-6(14-7)9(11,12)13/h2-3H,1H3. The maximum Gasteiger partial charge on any atom is 0.433 e. The van der Waals surface area contributed by atoms with E-state index in [-0.39, 0.29) is 15.3 Å². The van der Waals surface area contributed by atoms with Crippen LogP contribution in [-0.4, -0.2) is 13.4 Å². The molecule has 0 spiro atoms. The van der Waals surface area contributed by atoms with Crippen LogP contribution in [-0.2, 0) is 15.2 Å².